The minimum atomic E-state index is 0. The summed E-state index contributed by atoms with van der Waals surface area (Å²) in [7, 11) is 0. The van der Waals surface area contributed by atoms with Crippen molar-refractivity contribution in [3.8, 4) is 0 Å². The van der Waals surface area contributed by atoms with Gasteiger partial charge in [0, 0.05) is 55.5 Å². The monoisotopic (exact) mass is 316 g/mol. The molecule has 0 spiro atoms. The van der Waals surface area contributed by atoms with Crippen LogP contribution < -0.4 is 0 Å². The van der Waals surface area contributed by atoms with Crippen LogP contribution in [-0.4, -0.2) is 8.41 Å². The van der Waals surface area contributed by atoms with Crippen molar-refractivity contribution in [2.24, 2.45) is 0 Å². The second-order valence-electron chi connectivity index (χ2n) is 0. The van der Waals surface area contributed by atoms with Crippen molar-refractivity contribution < 1.29 is 55.5 Å². The zero-order valence-electron chi connectivity index (χ0n) is 1.10. The van der Waals surface area contributed by atoms with E-state index in [0.717, 1.165) is 0 Å². The first-order valence-electron chi connectivity index (χ1n) is 0. The van der Waals surface area contributed by atoms with Crippen LogP contribution in [0, 0.1) is 0 Å². The Morgan fingerprint density at radius 1 is 1.00 bits per heavy atom. The zero-order chi connectivity index (χ0) is 0. The van der Waals surface area contributed by atoms with Gasteiger partial charge in [0.1, 0.15) is 0 Å². The first-order valence-corrected chi connectivity index (χ1v) is 0. The van der Waals surface area contributed by atoms with Crippen LogP contribution in [-0.2, 0) is 55.5 Å². The summed E-state index contributed by atoms with van der Waals surface area (Å²) >= 11 is 0. The van der Waals surface area contributed by atoms with E-state index in [2.05, 4.69) is 0 Å². The fraction of sp³-hybridized carbons (Fsp3) is 0. The molecule has 0 atom stereocenters. The maximum Gasteiger partial charge on any atom is 0.0814 e. The molecule has 29 valence electrons. The van der Waals surface area contributed by atoms with Crippen molar-refractivity contribution in [3.05, 3.63) is 0 Å². The Bertz CT molecular complexity index is 8.00. The third-order valence-corrected chi connectivity index (χ3v) is 0. The van der Waals surface area contributed by atoms with Crippen LogP contribution in [0.1, 0.15) is 0 Å². The van der Waals surface area contributed by atoms with Crippen molar-refractivity contribution in [3.63, 3.8) is 0 Å². The second kappa shape index (κ2) is 21.4. The molecule has 0 rings (SSSR count). The van der Waals surface area contributed by atoms with Crippen LogP contribution in [0.2, 0.25) is 0 Å². The Labute approximate surface area is 63.5 Å². The first kappa shape index (κ1) is 41.1. The average molecular weight is 316 g/mol. The molecule has 0 aliphatic heterocycles. The molecule has 0 amide bonds. The van der Waals surface area contributed by atoms with Crippen molar-refractivity contribution in [1.29, 1.82) is 0 Å². The van der Waals surface area contributed by atoms with E-state index in [1.165, 1.54) is 0 Å². The number of hydrogen-bond donors (Lipinski definition) is 0. The third-order valence-electron chi connectivity index (χ3n) is 0. The van der Waals surface area contributed by atoms with E-state index in [9.17, 15) is 0 Å². The van der Waals surface area contributed by atoms with Crippen LogP contribution >= 0.6 is 0 Å². The van der Waals surface area contributed by atoms with Crippen LogP contribution in [0.3, 0.4) is 0 Å². The molecule has 0 N–H and O–H groups in total. The van der Waals surface area contributed by atoms with E-state index in [0.29, 0.717) is 0 Å². The van der Waals surface area contributed by atoms with Crippen LogP contribution in [0.25, 0.3) is 0 Å². The van der Waals surface area contributed by atoms with Crippen molar-refractivity contribution >= 4 is 8.41 Å². The van der Waals surface area contributed by atoms with Gasteiger partial charge in [-0.15, -0.1) is 0 Å². The molecule has 0 bridgehead atoms. The SMILES string of the molecule is B.[Cr].[Mn].[Pt]. The molecular weight excluding hydrogens is 313 g/mol. The molecule has 0 fully saturated rings. The predicted octanol–water partition coefficient (Wildman–Crippen LogP) is -1.19. The van der Waals surface area contributed by atoms with Crippen molar-refractivity contribution in [2.45, 2.75) is 0 Å². The minimum Gasteiger partial charge on any atom is 0 e. The summed E-state index contributed by atoms with van der Waals surface area (Å²) in [4.78, 5) is 0. The Balaban J connectivity index is 0. The van der Waals surface area contributed by atoms with Crippen LogP contribution in [0.5, 0.6) is 0 Å². The first-order chi connectivity index (χ1) is 0. The summed E-state index contributed by atoms with van der Waals surface area (Å²) in [6.45, 7) is 0. The van der Waals surface area contributed by atoms with E-state index >= 15 is 0 Å². The Morgan fingerprint density at radius 2 is 1.00 bits per heavy atom. The number of hydrogen-bond acceptors (Lipinski definition) is 0. The van der Waals surface area contributed by atoms with E-state index < -0.39 is 0 Å². The van der Waals surface area contributed by atoms with Gasteiger partial charge in [-0.05, 0) is 0 Å². The fourth-order valence-electron chi connectivity index (χ4n) is 0. The Kier molecular flexibility index (Phi) is 220. The van der Waals surface area contributed by atoms with E-state index in [1.54, 1.807) is 0 Å². The molecular formula is H3BCrMnPt. The summed E-state index contributed by atoms with van der Waals surface area (Å²) < 4.78 is 0. The molecule has 0 nitrogen and oxygen atoms in total. The minimum absolute atomic E-state index is 0. The van der Waals surface area contributed by atoms with Gasteiger partial charge in [-0.3, -0.25) is 0 Å². The molecule has 0 unspecified atom stereocenters. The second-order valence-corrected chi connectivity index (χ2v) is 0. The standard InChI is InChI=1S/BH3.Cr.Mn.Pt/h1H3;;;. The van der Waals surface area contributed by atoms with Gasteiger partial charge in [-0.25, -0.2) is 0 Å². The number of rotatable bonds is 0. The largest absolute Gasteiger partial charge is 0.0814 e. The van der Waals surface area contributed by atoms with Gasteiger partial charge in [0.25, 0.3) is 0 Å². The van der Waals surface area contributed by atoms with Gasteiger partial charge < -0.3 is 0 Å². The topological polar surface area (TPSA) is 0 Å². The normalized spacial score (nSPS) is 0. The van der Waals surface area contributed by atoms with Gasteiger partial charge >= 0.3 is 0 Å². The molecule has 4 heteroatoms. The third kappa shape index (κ3) is 9.19. The molecule has 0 aliphatic rings. The van der Waals surface area contributed by atoms with Gasteiger partial charge in [-0.1, -0.05) is 0 Å². The molecule has 0 aromatic rings. The average Bonchev–Trinajstić information content (AvgIpc) is 0. The molecule has 0 saturated carbocycles. The fourth-order valence-corrected chi connectivity index (χ4v) is 0. The Morgan fingerprint density at radius 3 is 1.00 bits per heavy atom. The van der Waals surface area contributed by atoms with E-state index in [1.807, 2.05) is 0 Å². The summed E-state index contributed by atoms with van der Waals surface area (Å²) in [5.41, 5.74) is 0. The predicted molar refractivity (Wildman–Crippen MR) is 9.94 cm³/mol. The van der Waals surface area contributed by atoms with Crippen molar-refractivity contribution in [2.75, 3.05) is 0 Å². The zero-order valence-corrected chi connectivity index (χ0v) is 5.83. The molecule has 1 radical (unpaired) electrons. The van der Waals surface area contributed by atoms with Crippen LogP contribution in [0.4, 0.5) is 0 Å². The molecule has 0 aromatic heterocycles. The van der Waals surface area contributed by atoms with E-state index in [-0.39, 0.29) is 63.9 Å². The maximum atomic E-state index is 0. The molecule has 0 aliphatic carbocycles. The molecule has 0 aromatic carbocycles. The summed E-state index contributed by atoms with van der Waals surface area (Å²) in [5, 5.41) is 0. The summed E-state index contributed by atoms with van der Waals surface area (Å²) in [6.07, 6.45) is 0. The molecule has 4 heavy (non-hydrogen) atoms. The summed E-state index contributed by atoms with van der Waals surface area (Å²) in [6, 6.07) is 0. The van der Waals surface area contributed by atoms with Crippen LogP contribution in [0.15, 0.2) is 0 Å². The smallest absolute Gasteiger partial charge is 0 e. The Hall–Kier alpha value is 1.81. The summed E-state index contributed by atoms with van der Waals surface area (Å²) in [5.74, 6) is 0. The molecule has 0 saturated heterocycles. The van der Waals surface area contributed by atoms with Crippen molar-refractivity contribution in [1.82, 2.24) is 0 Å². The van der Waals surface area contributed by atoms with Gasteiger partial charge in [-0.2, -0.15) is 0 Å². The molecule has 0 heterocycles. The van der Waals surface area contributed by atoms with E-state index in [4.69, 9.17) is 0 Å². The van der Waals surface area contributed by atoms with Gasteiger partial charge in [0.15, 0.2) is 0 Å². The maximum absolute atomic E-state index is 0. The quantitative estimate of drug-likeness (QED) is 0.493. The van der Waals surface area contributed by atoms with Gasteiger partial charge in [0.05, 0.1) is 8.41 Å². The van der Waals surface area contributed by atoms with Gasteiger partial charge in [0.2, 0.25) is 0 Å².